The van der Waals surface area contributed by atoms with Crippen LogP contribution in [0, 0.1) is 5.41 Å². The second kappa shape index (κ2) is 4.94. The molecule has 5 heteroatoms. The molecule has 1 heterocycles. The molecule has 0 aromatic carbocycles. The predicted octanol–water partition coefficient (Wildman–Crippen LogP) is 3.23. The van der Waals surface area contributed by atoms with Gasteiger partial charge in [-0.25, -0.2) is 4.98 Å². The Balaban J connectivity index is 2.09. The number of nitrogens with one attached hydrogen (secondary N) is 1. The van der Waals surface area contributed by atoms with E-state index < -0.39 is 5.41 Å². The molecule has 0 spiro atoms. The predicted molar refractivity (Wildman–Crippen MR) is 71.9 cm³/mol. The van der Waals surface area contributed by atoms with Crippen LogP contribution in [-0.2, 0) is 17.6 Å². The zero-order chi connectivity index (χ0) is 12.5. The number of hydrogen-bond donors (Lipinski definition) is 1. The van der Waals surface area contributed by atoms with Crippen LogP contribution in [0.3, 0.4) is 0 Å². The maximum Gasteiger partial charge on any atom is 0.233 e. The molecule has 0 unspecified atom stereocenters. The lowest BCUT2D eigenvalue weighted by Gasteiger charge is -2.18. The topological polar surface area (TPSA) is 42.0 Å². The molecule has 1 N–H and O–H groups in total. The summed E-state index contributed by atoms with van der Waals surface area (Å²) in [6.07, 6.45) is 4.58. The average molecular weight is 273 g/mol. The maximum absolute atomic E-state index is 11.9. The van der Waals surface area contributed by atoms with Crippen LogP contribution in [0.15, 0.2) is 0 Å². The summed E-state index contributed by atoms with van der Waals surface area (Å²) in [6.45, 7) is 3.67. The quantitative estimate of drug-likeness (QED) is 0.859. The van der Waals surface area contributed by atoms with Crippen molar-refractivity contribution in [1.29, 1.82) is 0 Å². The number of amides is 1. The summed E-state index contributed by atoms with van der Waals surface area (Å²) in [4.78, 5) is 17.8. The van der Waals surface area contributed by atoms with Crippen molar-refractivity contribution >= 4 is 34.0 Å². The van der Waals surface area contributed by atoms with Crippen LogP contribution in [-0.4, -0.2) is 16.8 Å². The lowest BCUT2D eigenvalue weighted by atomic mass is 9.95. The smallest absolute Gasteiger partial charge is 0.233 e. The van der Waals surface area contributed by atoms with Gasteiger partial charge in [0, 0.05) is 10.8 Å². The zero-order valence-corrected chi connectivity index (χ0v) is 11.7. The first kappa shape index (κ1) is 12.8. The molecule has 1 aliphatic rings. The standard InChI is InChI=1S/C12H17ClN2OS/c1-12(2,7-13)10(16)15-11-14-8-5-3-4-6-9(8)17-11/h3-7H2,1-2H3,(H,14,15,16). The third kappa shape index (κ3) is 2.80. The number of nitrogens with zero attached hydrogens (tertiary/aromatic N) is 1. The molecular weight excluding hydrogens is 256 g/mol. The van der Waals surface area contributed by atoms with Crippen molar-refractivity contribution < 1.29 is 4.79 Å². The fourth-order valence-corrected chi connectivity index (χ4v) is 2.90. The van der Waals surface area contributed by atoms with E-state index in [2.05, 4.69) is 10.3 Å². The molecule has 2 rings (SSSR count). The SMILES string of the molecule is CC(C)(CCl)C(=O)Nc1nc2c(s1)CCCC2. The lowest BCUT2D eigenvalue weighted by Crippen LogP contribution is -2.32. The average Bonchev–Trinajstić information content (AvgIpc) is 2.70. The van der Waals surface area contributed by atoms with Gasteiger partial charge in [-0.05, 0) is 39.5 Å². The summed E-state index contributed by atoms with van der Waals surface area (Å²) in [7, 11) is 0. The van der Waals surface area contributed by atoms with Crippen LogP contribution < -0.4 is 5.32 Å². The number of aryl methyl sites for hydroxylation is 2. The fourth-order valence-electron chi connectivity index (χ4n) is 1.73. The monoisotopic (exact) mass is 272 g/mol. The van der Waals surface area contributed by atoms with Crippen molar-refractivity contribution in [2.75, 3.05) is 11.2 Å². The molecule has 0 bridgehead atoms. The minimum atomic E-state index is -0.548. The van der Waals surface area contributed by atoms with Gasteiger partial charge in [0.1, 0.15) is 0 Å². The second-order valence-electron chi connectivity index (χ2n) is 5.07. The van der Waals surface area contributed by atoms with E-state index in [0.717, 1.165) is 18.0 Å². The van der Waals surface area contributed by atoms with Crippen LogP contribution in [0.4, 0.5) is 5.13 Å². The van der Waals surface area contributed by atoms with Gasteiger partial charge in [-0.1, -0.05) is 0 Å². The normalized spacial score (nSPS) is 15.5. The first-order chi connectivity index (χ1) is 8.03. The largest absolute Gasteiger partial charge is 0.301 e. The van der Waals surface area contributed by atoms with Gasteiger partial charge in [0.15, 0.2) is 5.13 Å². The third-order valence-corrected chi connectivity index (χ3v) is 4.76. The van der Waals surface area contributed by atoms with E-state index >= 15 is 0 Å². The van der Waals surface area contributed by atoms with Crippen LogP contribution in [0.5, 0.6) is 0 Å². The Morgan fingerprint density at radius 3 is 2.82 bits per heavy atom. The summed E-state index contributed by atoms with van der Waals surface area (Å²) in [6, 6.07) is 0. The highest BCUT2D eigenvalue weighted by Crippen LogP contribution is 2.30. The molecule has 0 fully saturated rings. The number of hydrogen-bond acceptors (Lipinski definition) is 3. The Labute approximate surface area is 111 Å². The number of rotatable bonds is 3. The summed E-state index contributed by atoms with van der Waals surface area (Å²) < 4.78 is 0. The van der Waals surface area contributed by atoms with Gasteiger partial charge in [-0.15, -0.1) is 22.9 Å². The molecule has 1 aromatic rings. The lowest BCUT2D eigenvalue weighted by molar-refractivity contribution is -0.122. The van der Waals surface area contributed by atoms with Gasteiger partial charge in [0.2, 0.25) is 5.91 Å². The van der Waals surface area contributed by atoms with Crippen molar-refractivity contribution in [2.24, 2.45) is 5.41 Å². The van der Waals surface area contributed by atoms with Crippen LogP contribution in [0.1, 0.15) is 37.3 Å². The van der Waals surface area contributed by atoms with Crippen molar-refractivity contribution in [3.05, 3.63) is 10.6 Å². The van der Waals surface area contributed by atoms with Crippen molar-refractivity contribution in [2.45, 2.75) is 39.5 Å². The van der Waals surface area contributed by atoms with Crippen molar-refractivity contribution in [3.63, 3.8) is 0 Å². The summed E-state index contributed by atoms with van der Waals surface area (Å²) in [5, 5.41) is 3.60. The van der Waals surface area contributed by atoms with E-state index in [1.54, 1.807) is 11.3 Å². The second-order valence-corrected chi connectivity index (χ2v) is 6.42. The molecule has 1 aromatic heterocycles. The number of halogens is 1. The highest BCUT2D eigenvalue weighted by Gasteiger charge is 2.27. The number of aromatic nitrogens is 1. The van der Waals surface area contributed by atoms with Crippen LogP contribution >= 0.6 is 22.9 Å². The van der Waals surface area contributed by atoms with Gasteiger partial charge in [0.25, 0.3) is 0 Å². The first-order valence-corrected chi connectivity index (χ1v) is 7.24. The number of thiazole rings is 1. The number of alkyl halides is 1. The van der Waals surface area contributed by atoms with Crippen LogP contribution in [0.25, 0.3) is 0 Å². The number of carbonyl (C=O) groups excluding carboxylic acids is 1. The maximum atomic E-state index is 11.9. The summed E-state index contributed by atoms with van der Waals surface area (Å²) >= 11 is 7.38. The van der Waals surface area contributed by atoms with Crippen LogP contribution in [0.2, 0.25) is 0 Å². The van der Waals surface area contributed by atoms with Gasteiger partial charge in [-0.3, -0.25) is 4.79 Å². The van der Waals surface area contributed by atoms with E-state index in [1.807, 2.05) is 13.8 Å². The molecule has 0 atom stereocenters. The molecule has 94 valence electrons. The van der Waals surface area contributed by atoms with Gasteiger partial charge >= 0.3 is 0 Å². The summed E-state index contributed by atoms with van der Waals surface area (Å²) in [5.74, 6) is 0.253. The molecule has 0 radical (unpaired) electrons. The number of anilines is 1. The molecule has 0 aliphatic heterocycles. The molecule has 3 nitrogen and oxygen atoms in total. The minimum Gasteiger partial charge on any atom is -0.301 e. The van der Waals surface area contributed by atoms with E-state index in [0.29, 0.717) is 5.88 Å². The molecule has 1 aliphatic carbocycles. The molecule has 1 amide bonds. The van der Waals surface area contributed by atoms with E-state index in [4.69, 9.17) is 11.6 Å². The summed E-state index contributed by atoms with van der Waals surface area (Å²) in [5.41, 5.74) is 0.619. The van der Waals surface area contributed by atoms with E-state index in [9.17, 15) is 4.79 Å². The van der Waals surface area contributed by atoms with Crippen molar-refractivity contribution in [3.8, 4) is 0 Å². The molecule has 0 saturated carbocycles. The Morgan fingerprint density at radius 1 is 1.47 bits per heavy atom. The fraction of sp³-hybridized carbons (Fsp3) is 0.667. The first-order valence-electron chi connectivity index (χ1n) is 5.89. The van der Waals surface area contributed by atoms with E-state index in [1.165, 1.54) is 23.4 Å². The highest BCUT2D eigenvalue weighted by molar-refractivity contribution is 7.15. The van der Waals surface area contributed by atoms with E-state index in [-0.39, 0.29) is 5.91 Å². The number of carbonyl (C=O) groups is 1. The van der Waals surface area contributed by atoms with Gasteiger partial charge in [0.05, 0.1) is 11.1 Å². The van der Waals surface area contributed by atoms with Gasteiger partial charge in [-0.2, -0.15) is 0 Å². The van der Waals surface area contributed by atoms with Gasteiger partial charge < -0.3 is 5.32 Å². The minimum absolute atomic E-state index is 0.0569. The molecule has 17 heavy (non-hydrogen) atoms. The van der Waals surface area contributed by atoms with Crippen molar-refractivity contribution in [1.82, 2.24) is 4.98 Å². The molecule has 0 saturated heterocycles. The number of fused-ring (bicyclic) bond motifs is 1. The Morgan fingerprint density at radius 2 is 2.18 bits per heavy atom. The Kier molecular flexibility index (Phi) is 3.73. The molecular formula is C12H17ClN2OS. The zero-order valence-electron chi connectivity index (χ0n) is 10.2. The Hall–Kier alpha value is -0.610. The third-order valence-electron chi connectivity index (χ3n) is 3.01. The highest BCUT2D eigenvalue weighted by atomic mass is 35.5. The Bertz CT molecular complexity index is 405.